The second-order valence-electron chi connectivity index (χ2n) is 32.0. The van der Waals surface area contributed by atoms with E-state index in [0.717, 1.165) is 79.1 Å². The van der Waals surface area contributed by atoms with Crippen LogP contribution in [0.5, 0.6) is 34.5 Å². The Labute approximate surface area is 611 Å². The topological polar surface area (TPSA) is 107 Å². The maximum Gasteiger partial charge on any atom is 0.416 e. The lowest BCUT2D eigenvalue weighted by molar-refractivity contribution is -0.143. The molecule has 2 aliphatic carbocycles. The van der Waals surface area contributed by atoms with Crippen LogP contribution in [-0.4, -0.2) is 55.3 Å². The molecule has 8 aromatic carbocycles. The summed E-state index contributed by atoms with van der Waals surface area (Å²) >= 11 is 0. The highest BCUT2D eigenvalue weighted by molar-refractivity contribution is 7.75. The van der Waals surface area contributed by atoms with Gasteiger partial charge in [0.1, 0.15) is 47.2 Å². The van der Waals surface area contributed by atoms with E-state index in [1.807, 2.05) is 24.3 Å². The number of halogens is 9. The number of ether oxygens (including phenoxy) is 6. The Bertz CT molecular complexity index is 4890. The zero-order chi connectivity index (χ0) is 77.3. The third kappa shape index (κ3) is 14.1. The zero-order valence-corrected chi connectivity index (χ0v) is 66.0. The summed E-state index contributed by atoms with van der Waals surface area (Å²) in [5, 5.41) is 0.515. The fraction of sp³-hybridized carbons (Fsp3) is 0.429. The molecule has 2 saturated carbocycles. The standard InChI is InChI=1S/C35H30F9O3P.C25H31O3P.C24H33O3P/c1-18-10-20(12-22(11-18)33(36,37)38)26-16-27(21-13-23(34(39,40)41)15-24(14-21)35(42,43)44)30(46-6)29(19(26)2)25-8-7-9-28-31(25)48(45,17-47-28)32(3,4)5;1-15-19(16-9-10-16)13-20(17-11-12-17)23(27-5)22(15)18-7-6-8-21-24(18)29(26,14-28-21)25(2,3)4;1-14(2)23-27-19-12-10-11-18(22(19)28(23,25)24(6,7)8)20-17(5)15(3)13-16(4)21(20)26-9/h7-16H,17H2,1-6H3;6-8,13,16-17H,9-12,14H2,1-5H3;10-14,23H,1-9H3/t48-;29-;23-,28+/m000/s1. The minimum Gasteiger partial charge on any atom is -0.496 e. The Morgan fingerprint density at radius 3 is 1.27 bits per heavy atom. The van der Waals surface area contributed by atoms with E-state index < -0.39 is 72.5 Å². The van der Waals surface area contributed by atoms with Gasteiger partial charge in [0, 0.05) is 54.4 Å². The van der Waals surface area contributed by atoms with Crippen LogP contribution < -0.4 is 44.3 Å². The van der Waals surface area contributed by atoms with Crippen molar-refractivity contribution in [1.82, 2.24) is 0 Å². The summed E-state index contributed by atoms with van der Waals surface area (Å²) < 4.78 is 205. The van der Waals surface area contributed by atoms with Gasteiger partial charge in [-0.05, 0) is 201 Å². The van der Waals surface area contributed by atoms with Gasteiger partial charge in [-0.1, -0.05) is 131 Å². The van der Waals surface area contributed by atoms with E-state index in [4.69, 9.17) is 28.4 Å². The average Bonchev–Trinajstić information content (AvgIpc) is 1.58. The van der Waals surface area contributed by atoms with Crippen LogP contribution in [0, 0.1) is 47.5 Å². The summed E-state index contributed by atoms with van der Waals surface area (Å²) in [5.41, 5.74) is 7.81. The predicted molar refractivity (Wildman–Crippen MR) is 405 cm³/mol. The molecule has 0 amide bonds. The number of fused-ring (bicyclic) bond motifs is 3. The third-order valence-electron chi connectivity index (χ3n) is 21.4. The van der Waals surface area contributed by atoms with Gasteiger partial charge in [-0.2, -0.15) is 39.5 Å². The Kier molecular flexibility index (Phi) is 20.7. The van der Waals surface area contributed by atoms with Crippen LogP contribution in [0.1, 0.15) is 175 Å². The normalized spacial score (nSPS) is 20.0. The van der Waals surface area contributed by atoms with Gasteiger partial charge in [0.05, 0.1) is 53.9 Å². The van der Waals surface area contributed by atoms with Crippen LogP contribution in [0.4, 0.5) is 39.5 Å². The van der Waals surface area contributed by atoms with Gasteiger partial charge in [0.25, 0.3) is 0 Å². The highest BCUT2D eigenvalue weighted by Gasteiger charge is 2.56. The molecule has 5 aliphatic rings. The Morgan fingerprint density at radius 2 is 0.838 bits per heavy atom. The Hall–Kier alpha value is -7.38. The largest absolute Gasteiger partial charge is 0.496 e. The molecule has 8 aromatic rings. The molecule has 0 unspecified atom stereocenters. The van der Waals surface area contributed by atoms with Crippen LogP contribution >= 0.6 is 21.4 Å². The van der Waals surface area contributed by atoms with E-state index in [2.05, 4.69) is 107 Å². The van der Waals surface area contributed by atoms with Crippen LogP contribution in [0.15, 0.2) is 109 Å². The summed E-state index contributed by atoms with van der Waals surface area (Å²) in [7, 11) is -4.32. The molecular formula is C84H94F9O9P3. The number of rotatable bonds is 11. The van der Waals surface area contributed by atoms with Crippen molar-refractivity contribution < 1.29 is 81.6 Å². The monoisotopic (exact) mass is 1510 g/mol. The first-order valence-corrected chi connectivity index (χ1v) is 40.9. The molecule has 0 bridgehead atoms. The lowest BCUT2D eigenvalue weighted by Crippen LogP contribution is -2.31. The first-order valence-electron chi connectivity index (χ1n) is 35.4. The van der Waals surface area contributed by atoms with Gasteiger partial charge in [-0.3, -0.25) is 0 Å². The molecule has 562 valence electrons. The predicted octanol–water partition coefficient (Wildman–Crippen LogP) is 24.5. The summed E-state index contributed by atoms with van der Waals surface area (Å²) in [6.07, 6.45) is -9.96. The van der Waals surface area contributed by atoms with Crippen molar-refractivity contribution >= 4 is 37.3 Å². The molecule has 13 rings (SSSR count). The number of aryl methyl sites for hydroxylation is 3. The van der Waals surface area contributed by atoms with E-state index in [1.54, 1.807) is 60.1 Å². The van der Waals surface area contributed by atoms with E-state index >= 15 is 0 Å². The van der Waals surface area contributed by atoms with Crippen molar-refractivity contribution in [2.24, 2.45) is 5.92 Å². The number of benzene rings is 8. The summed E-state index contributed by atoms with van der Waals surface area (Å²) in [4.78, 5) is 0. The summed E-state index contributed by atoms with van der Waals surface area (Å²) in [5.74, 6) is 4.61. The second-order valence-corrected chi connectivity index (χ2v) is 42.6. The van der Waals surface area contributed by atoms with Crippen molar-refractivity contribution in [3.8, 4) is 90.1 Å². The molecule has 0 saturated heterocycles. The summed E-state index contributed by atoms with van der Waals surface area (Å²) in [6, 6.07) is 27.0. The van der Waals surface area contributed by atoms with Crippen molar-refractivity contribution in [3.63, 3.8) is 0 Å². The Morgan fingerprint density at radius 1 is 0.419 bits per heavy atom. The average molecular weight is 1510 g/mol. The molecule has 0 N–H and O–H groups in total. The van der Waals surface area contributed by atoms with Gasteiger partial charge in [0.15, 0.2) is 27.3 Å². The molecule has 0 spiro atoms. The van der Waals surface area contributed by atoms with Crippen molar-refractivity contribution in [3.05, 3.63) is 170 Å². The lowest BCUT2D eigenvalue weighted by Gasteiger charge is -2.34. The van der Waals surface area contributed by atoms with Crippen LogP contribution in [-0.2, 0) is 32.2 Å². The minimum absolute atomic E-state index is 0.0100. The third-order valence-corrected chi connectivity index (χ3v) is 33.6. The van der Waals surface area contributed by atoms with E-state index in [0.29, 0.717) is 35.6 Å². The molecule has 21 heteroatoms. The lowest BCUT2D eigenvalue weighted by atomic mass is 9.85. The maximum atomic E-state index is 14.7. The van der Waals surface area contributed by atoms with Crippen molar-refractivity contribution in [2.75, 3.05) is 34.0 Å². The van der Waals surface area contributed by atoms with E-state index in [9.17, 15) is 53.2 Å². The zero-order valence-electron chi connectivity index (χ0n) is 63.4. The molecule has 9 nitrogen and oxygen atoms in total. The number of methoxy groups -OCH3 is 3. The molecule has 2 fully saturated rings. The fourth-order valence-corrected chi connectivity index (χ4v) is 24.2. The van der Waals surface area contributed by atoms with E-state index in [1.165, 1.54) is 74.1 Å². The number of hydrogen-bond acceptors (Lipinski definition) is 9. The quantitative estimate of drug-likeness (QED) is 0.0924. The van der Waals surface area contributed by atoms with E-state index in [-0.39, 0.29) is 79.8 Å². The van der Waals surface area contributed by atoms with Gasteiger partial charge < -0.3 is 42.1 Å². The first kappa shape index (κ1) is 78.7. The molecule has 3 aliphatic heterocycles. The van der Waals surface area contributed by atoms with Crippen LogP contribution in [0.3, 0.4) is 0 Å². The smallest absolute Gasteiger partial charge is 0.416 e. The van der Waals surface area contributed by atoms with Gasteiger partial charge in [0.2, 0.25) is 0 Å². The fourth-order valence-electron chi connectivity index (χ4n) is 15.2. The van der Waals surface area contributed by atoms with Gasteiger partial charge >= 0.3 is 18.5 Å². The molecule has 4 atom stereocenters. The molecule has 105 heavy (non-hydrogen) atoms. The summed E-state index contributed by atoms with van der Waals surface area (Å²) in [6.45, 7) is 33.4. The molecule has 3 heterocycles. The number of hydrogen-bond donors (Lipinski definition) is 0. The SMILES string of the molecule is COc1c(-c2cc(C(F)(F)F)cc(C(F)(F)F)c2)cc(-c2cc(C)cc(C(F)(F)F)c2)c(C)c1-c1cccc2c1[P@](=O)(C(C)(C)C)CO2.COc1c(C)cc(C)c(C)c1-c1cccc2c1[P@](=O)(C(C)(C)C)[C@@H](C(C)C)O2.COc1c(C2CC2)cc(C2CC2)c(C)c1-c1cccc2c1[P@](=O)(C(C)(C)C)CO2. The molecular weight excluding hydrogens is 1420 g/mol. The maximum absolute atomic E-state index is 14.7. The Balaban J connectivity index is 0.000000166. The van der Waals surface area contributed by atoms with Gasteiger partial charge in [-0.15, -0.1) is 0 Å². The highest BCUT2D eigenvalue weighted by Crippen LogP contribution is 2.70. The minimum atomic E-state index is -5.17. The van der Waals surface area contributed by atoms with Gasteiger partial charge in [-0.25, -0.2) is 0 Å². The van der Waals surface area contributed by atoms with Crippen LogP contribution in [0.25, 0.3) is 55.6 Å². The van der Waals surface area contributed by atoms with Crippen molar-refractivity contribution in [1.29, 1.82) is 0 Å². The van der Waals surface area contributed by atoms with Crippen molar-refractivity contribution in [2.45, 2.75) is 195 Å². The number of alkyl halides is 9. The second kappa shape index (κ2) is 27.7. The molecule has 0 radical (unpaired) electrons. The highest BCUT2D eigenvalue weighted by atomic mass is 31.2. The molecule has 0 aromatic heterocycles. The van der Waals surface area contributed by atoms with Crippen LogP contribution in [0.2, 0.25) is 0 Å². The first-order chi connectivity index (χ1) is 48.7.